The Kier molecular flexibility index (Phi) is 7.23. The number of ether oxygens (including phenoxy) is 1. The lowest BCUT2D eigenvalue weighted by molar-refractivity contribution is -0.131. The number of benzene rings is 2. The summed E-state index contributed by atoms with van der Waals surface area (Å²) in [6.45, 7) is 8.63. The molecule has 0 spiro atoms. The van der Waals surface area contributed by atoms with Crippen LogP contribution in [0.25, 0.3) is 0 Å². The fourth-order valence-corrected chi connectivity index (χ4v) is 5.19. The van der Waals surface area contributed by atoms with Crippen LogP contribution in [0.3, 0.4) is 0 Å². The first-order chi connectivity index (χ1) is 14.8. The van der Waals surface area contributed by atoms with Crippen molar-refractivity contribution >= 4 is 21.6 Å². The Bertz CT molecular complexity index is 1010. The van der Waals surface area contributed by atoms with Gasteiger partial charge in [0.2, 0.25) is 15.9 Å². The number of hydrogen-bond donors (Lipinski definition) is 0. The van der Waals surface area contributed by atoms with Crippen LogP contribution >= 0.6 is 0 Å². The molecule has 0 aliphatic carbocycles. The molecule has 0 N–H and O–H groups in total. The van der Waals surface area contributed by atoms with Gasteiger partial charge in [-0.25, -0.2) is 8.42 Å². The molecule has 1 heterocycles. The van der Waals surface area contributed by atoms with Crippen molar-refractivity contribution in [3.8, 4) is 5.75 Å². The van der Waals surface area contributed by atoms with E-state index in [4.69, 9.17) is 4.74 Å². The SMILES string of the molecule is CCN(CC(=O)N1CCN(c2cccc(C)c2C)CC1)S(=O)(=O)c1ccc(OC)cc1. The van der Waals surface area contributed by atoms with Crippen LogP contribution in [0.4, 0.5) is 5.69 Å². The fraction of sp³-hybridized carbons (Fsp3) is 0.435. The van der Waals surface area contributed by atoms with Crippen molar-refractivity contribution in [3.63, 3.8) is 0 Å². The van der Waals surface area contributed by atoms with E-state index in [2.05, 4.69) is 36.9 Å². The predicted octanol–water partition coefficient (Wildman–Crippen LogP) is 2.67. The molecule has 2 aromatic carbocycles. The van der Waals surface area contributed by atoms with Crippen LogP contribution in [0, 0.1) is 13.8 Å². The van der Waals surface area contributed by atoms with Crippen molar-refractivity contribution in [2.45, 2.75) is 25.7 Å². The molecular weight excluding hydrogens is 414 g/mol. The third-order valence-corrected chi connectivity index (χ3v) is 7.85. The quantitative estimate of drug-likeness (QED) is 0.655. The maximum atomic E-state index is 13.0. The first-order valence-corrected chi connectivity index (χ1v) is 11.9. The Balaban J connectivity index is 1.64. The van der Waals surface area contributed by atoms with E-state index in [1.165, 1.54) is 40.4 Å². The van der Waals surface area contributed by atoms with Gasteiger partial charge in [0, 0.05) is 38.4 Å². The number of likely N-dealkylation sites (N-methyl/N-ethyl adjacent to an activating group) is 1. The summed E-state index contributed by atoms with van der Waals surface area (Å²) >= 11 is 0. The molecule has 1 saturated heterocycles. The summed E-state index contributed by atoms with van der Waals surface area (Å²) in [5.74, 6) is 0.416. The summed E-state index contributed by atoms with van der Waals surface area (Å²) in [7, 11) is -2.23. The first-order valence-electron chi connectivity index (χ1n) is 10.5. The Morgan fingerprint density at radius 3 is 2.26 bits per heavy atom. The number of amides is 1. The minimum Gasteiger partial charge on any atom is -0.497 e. The van der Waals surface area contributed by atoms with Crippen LogP contribution in [0.1, 0.15) is 18.1 Å². The molecule has 3 rings (SSSR count). The summed E-state index contributed by atoms with van der Waals surface area (Å²) in [6, 6.07) is 12.5. The van der Waals surface area contributed by atoms with E-state index in [0.29, 0.717) is 18.8 Å². The number of rotatable bonds is 7. The second-order valence-corrected chi connectivity index (χ2v) is 9.63. The molecule has 0 atom stereocenters. The number of nitrogens with zero attached hydrogens (tertiary/aromatic N) is 3. The Morgan fingerprint density at radius 1 is 1.03 bits per heavy atom. The average Bonchev–Trinajstić information content (AvgIpc) is 2.79. The van der Waals surface area contributed by atoms with Crippen LogP contribution in [-0.4, -0.2) is 69.9 Å². The standard InChI is InChI=1S/C23H31N3O4S/c1-5-26(31(28,29)21-11-9-20(30-4)10-12-21)17-23(27)25-15-13-24(14-16-25)22-8-6-7-18(2)19(22)3/h6-12H,5,13-17H2,1-4H3. The van der Waals surface area contributed by atoms with Crippen molar-refractivity contribution in [1.82, 2.24) is 9.21 Å². The third-order valence-electron chi connectivity index (χ3n) is 5.91. The predicted molar refractivity (Wildman–Crippen MR) is 122 cm³/mol. The van der Waals surface area contributed by atoms with E-state index in [1.54, 1.807) is 24.0 Å². The van der Waals surface area contributed by atoms with Crippen molar-refractivity contribution in [3.05, 3.63) is 53.6 Å². The molecule has 168 valence electrons. The molecule has 2 aromatic rings. The Hall–Kier alpha value is -2.58. The largest absolute Gasteiger partial charge is 0.497 e. The minimum absolute atomic E-state index is 0.155. The van der Waals surface area contributed by atoms with E-state index in [1.807, 2.05) is 0 Å². The number of methoxy groups -OCH3 is 1. The molecule has 0 unspecified atom stereocenters. The summed E-state index contributed by atoms with van der Waals surface area (Å²) in [5, 5.41) is 0. The summed E-state index contributed by atoms with van der Waals surface area (Å²) in [5.41, 5.74) is 3.70. The molecule has 1 aliphatic heterocycles. The monoisotopic (exact) mass is 445 g/mol. The number of hydrogen-bond acceptors (Lipinski definition) is 5. The lowest BCUT2D eigenvalue weighted by Crippen LogP contribution is -2.52. The van der Waals surface area contributed by atoms with Crippen LogP contribution in [0.2, 0.25) is 0 Å². The minimum atomic E-state index is -3.75. The highest BCUT2D eigenvalue weighted by Gasteiger charge is 2.29. The third kappa shape index (κ3) is 5.02. The van der Waals surface area contributed by atoms with E-state index in [0.717, 1.165) is 13.1 Å². The van der Waals surface area contributed by atoms with Gasteiger partial charge >= 0.3 is 0 Å². The van der Waals surface area contributed by atoms with Gasteiger partial charge in [-0.1, -0.05) is 19.1 Å². The highest BCUT2D eigenvalue weighted by molar-refractivity contribution is 7.89. The van der Waals surface area contributed by atoms with Crippen LogP contribution in [0.15, 0.2) is 47.4 Å². The van der Waals surface area contributed by atoms with Crippen molar-refractivity contribution in [2.75, 3.05) is 51.3 Å². The number of anilines is 1. The van der Waals surface area contributed by atoms with Crippen LogP contribution in [0.5, 0.6) is 5.75 Å². The van der Waals surface area contributed by atoms with Gasteiger partial charge in [-0.05, 0) is 55.3 Å². The van der Waals surface area contributed by atoms with Gasteiger partial charge in [-0.2, -0.15) is 4.31 Å². The van der Waals surface area contributed by atoms with E-state index in [9.17, 15) is 13.2 Å². The molecule has 0 aromatic heterocycles. The van der Waals surface area contributed by atoms with Gasteiger partial charge in [-0.15, -0.1) is 0 Å². The molecule has 8 heteroatoms. The van der Waals surface area contributed by atoms with E-state index < -0.39 is 10.0 Å². The molecular formula is C23H31N3O4S. The lowest BCUT2D eigenvalue weighted by atomic mass is 10.1. The van der Waals surface area contributed by atoms with Gasteiger partial charge < -0.3 is 14.5 Å². The van der Waals surface area contributed by atoms with E-state index >= 15 is 0 Å². The maximum Gasteiger partial charge on any atom is 0.243 e. The van der Waals surface area contributed by atoms with Gasteiger partial charge in [0.05, 0.1) is 18.6 Å². The summed E-state index contributed by atoms with van der Waals surface area (Å²) in [6.07, 6.45) is 0. The zero-order chi connectivity index (χ0) is 22.6. The Morgan fingerprint density at radius 2 is 1.68 bits per heavy atom. The molecule has 0 radical (unpaired) electrons. The van der Waals surface area contributed by atoms with Gasteiger partial charge in [0.15, 0.2) is 0 Å². The fourth-order valence-electron chi connectivity index (χ4n) is 3.79. The first kappa shape index (κ1) is 23.1. The van der Waals surface area contributed by atoms with E-state index in [-0.39, 0.29) is 23.9 Å². The van der Waals surface area contributed by atoms with Gasteiger partial charge in [0.25, 0.3) is 0 Å². The van der Waals surface area contributed by atoms with Crippen LogP contribution in [-0.2, 0) is 14.8 Å². The average molecular weight is 446 g/mol. The molecule has 1 fully saturated rings. The maximum absolute atomic E-state index is 13.0. The van der Waals surface area contributed by atoms with Crippen LogP contribution < -0.4 is 9.64 Å². The normalized spacial score (nSPS) is 14.7. The van der Waals surface area contributed by atoms with Crippen molar-refractivity contribution < 1.29 is 17.9 Å². The zero-order valence-electron chi connectivity index (χ0n) is 18.7. The highest BCUT2D eigenvalue weighted by Crippen LogP contribution is 2.24. The summed E-state index contributed by atoms with van der Waals surface area (Å²) in [4.78, 5) is 17.1. The highest BCUT2D eigenvalue weighted by atomic mass is 32.2. The van der Waals surface area contributed by atoms with Gasteiger partial charge in [0.1, 0.15) is 5.75 Å². The Labute approximate surface area is 185 Å². The zero-order valence-corrected chi connectivity index (χ0v) is 19.5. The molecule has 7 nitrogen and oxygen atoms in total. The number of piperazine rings is 1. The molecule has 0 saturated carbocycles. The molecule has 31 heavy (non-hydrogen) atoms. The lowest BCUT2D eigenvalue weighted by Gasteiger charge is -2.37. The van der Waals surface area contributed by atoms with Gasteiger partial charge in [-0.3, -0.25) is 4.79 Å². The molecule has 0 bridgehead atoms. The second-order valence-electron chi connectivity index (χ2n) is 7.69. The number of aryl methyl sites for hydroxylation is 1. The molecule has 1 aliphatic rings. The van der Waals surface area contributed by atoms with Crippen molar-refractivity contribution in [2.24, 2.45) is 0 Å². The number of carbonyl (C=O) groups excluding carboxylic acids is 1. The topological polar surface area (TPSA) is 70.2 Å². The van der Waals surface area contributed by atoms with Crippen molar-refractivity contribution in [1.29, 1.82) is 0 Å². The smallest absolute Gasteiger partial charge is 0.243 e. The summed E-state index contributed by atoms with van der Waals surface area (Å²) < 4.78 is 32.3. The second kappa shape index (κ2) is 9.70. The molecule has 1 amide bonds. The number of carbonyl (C=O) groups is 1. The number of sulfonamides is 1.